The van der Waals surface area contributed by atoms with Crippen LogP contribution in [0.2, 0.25) is 0 Å². The van der Waals surface area contributed by atoms with E-state index in [-0.39, 0.29) is 5.92 Å². The summed E-state index contributed by atoms with van der Waals surface area (Å²) in [5.41, 5.74) is 5.82. The average Bonchev–Trinajstić information content (AvgIpc) is 3.10. The molecule has 0 amide bonds. The molecule has 2 heterocycles. The highest BCUT2D eigenvalue weighted by atomic mass is 15.2. The lowest BCUT2D eigenvalue weighted by Crippen LogP contribution is -2.17. The van der Waals surface area contributed by atoms with E-state index in [2.05, 4.69) is 40.6 Å². The zero-order chi connectivity index (χ0) is 16.5. The fraction of sp³-hybridized carbons (Fsp3) is 0.100. The first-order valence-electron chi connectivity index (χ1n) is 7.85. The normalized spacial score (nSPS) is 16.2. The van der Waals surface area contributed by atoms with Gasteiger partial charge in [0.1, 0.15) is 0 Å². The molecule has 1 aliphatic heterocycles. The first-order chi connectivity index (χ1) is 11.8. The molecule has 1 atom stereocenters. The number of H-pyrrole nitrogens is 1. The Labute approximate surface area is 140 Å². The van der Waals surface area contributed by atoms with E-state index < -0.39 is 0 Å². The molecule has 2 aromatic carbocycles. The van der Waals surface area contributed by atoms with Gasteiger partial charge in [-0.2, -0.15) is 10.4 Å². The Morgan fingerprint density at radius 3 is 2.50 bits per heavy atom. The molecule has 1 unspecified atom stereocenters. The highest BCUT2D eigenvalue weighted by Gasteiger charge is 2.32. The zero-order valence-corrected chi connectivity index (χ0v) is 13.2. The van der Waals surface area contributed by atoms with Gasteiger partial charge < -0.3 is 5.32 Å². The van der Waals surface area contributed by atoms with E-state index in [1.807, 2.05) is 48.7 Å². The summed E-state index contributed by atoms with van der Waals surface area (Å²) in [4.78, 5) is 0. The van der Waals surface area contributed by atoms with Crippen molar-refractivity contribution in [1.82, 2.24) is 10.2 Å². The van der Waals surface area contributed by atoms with Crippen molar-refractivity contribution in [2.45, 2.75) is 12.8 Å². The number of aromatic amines is 1. The van der Waals surface area contributed by atoms with Gasteiger partial charge in [0, 0.05) is 11.8 Å². The summed E-state index contributed by atoms with van der Waals surface area (Å²) in [6, 6.07) is 20.6. The quantitative estimate of drug-likeness (QED) is 0.745. The summed E-state index contributed by atoms with van der Waals surface area (Å²) < 4.78 is 0. The molecular formula is C20H16N4. The van der Waals surface area contributed by atoms with Gasteiger partial charge in [-0.3, -0.25) is 5.10 Å². The Bertz CT molecular complexity index is 961. The summed E-state index contributed by atoms with van der Waals surface area (Å²) in [5.74, 6) is 0.655. The van der Waals surface area contributed by atoms with Crippen molar-refractivity contribution in [3.05, 3.63) is 88.6 Å². The van der Waals surface area contributed by atoms with Crippen molar-refractivity contribution in [1.29, 1.82) is 5.26 Å². The fourth-order valence-electron chi connectivity index (χ4n) is 3.29. The summed E-state index contributed by atoms with van der Waals surface area (Å²) in [6.07, 6.45) is 1.87. The molecular weight excluding hydrogens is 296 g/mol. The lowest BCUT2D eigenvalue weighted by Gasteiger charge is -2.27. The Morgan fingerprint density at radius 2 is 1.75 bits per heavy atom. The van der Waals surface area contributed by atoms with E-state index >= 15 is 0 Å². The van der Waals surface area contributed by atoms with Gasteiger partial charge in [0.05, 0.1) is 23.3 Å². The standard InChI is InChI=1S/C20H16N4/c1-13-7-5-6-10-15(13)18-16(11-21)19(14-8-3-2-4-9-14)23-20-17(18)12-22-24-20/h2-10,12,18H,1H3,(H2,22,23,24). The maximum Gasteiger partial charge on any atom is 0.156 e. The number of hydrogen-bond acceptors (Lipinski definition) is 3. The molecule has 0 spiro atoms. The molecule has 0 radical (unpaired) electrons. The Hall–Kier alpha value is -3.32. The highest BCUT2D eigenvalue weighted by Crippen LogP contribution is 2.43. The number of nitrogens with zero attached hydrogens (tertiary/aromatic N) is 2. The molecule has 4 heteroatoms. The van der Waals surface area contributed by atoms with Crippen LogP contribution in [0.4, 0.5) is 5.82 Å². The van der Waals surface area contributed by atoms with Gasteiger partial charge in [-0.1, -0.05) is 54.6 Å². The number of rotatable bonds is 2. The third-order valence-electron chi connectivity index (χ3n) is 4.46. The third kappa shape index (κ3) is 2.19. The Morgan fingerprint density at radius 1 is 1.00 bits per heavy atom. The van der Waals surface area contributed by atoms with Gasteiger partial charge in [0.15, 0.2) is 5.82 Å². The number of aryl methyl sites for hydroxylation is 1. The maximum atomic E-state index is 9.93. The summed E-state index contributed by atoms with van der Waals surface area (Å²) in [5, 5.41) is 20.5. The number of nitriles is 1. The van der Waals surface area contributed by atoms with E-state index in [0.717, 1.165) is 33.8 Å². The van der Waals surface area contributed by atoms with Crippen LogP contribution in [0.5, 0.6) is 0 Å². The van der Waals surface area contributed by atoms with Crippen LogP contribution in [0.15, 0.2) is 66.4 Å². The number of fused-ring (bicyclic) bond motifs is 1. The molecule has 1 aromatic heterocycles. The van der Waals surface area contributed by atoms with E-state index in [4.69, 9.17) is 0 Å². The van der Waals surface area contributed by atoms with Crippen molar-refractivity contribution in [2.75, 3.05) is 5.32 Å². The van der Waals surface area contributed by atoms with Crippen LogP contribution in [-0.4, -0.2) is 10.2 Å². The van der Waals surface area contributed by atoms with E-state index in [0.29, 0.717) is 5.57 Å². The molecule has 0 saturated heterocycles. The average molecular weight is 312 g/mol. The Kier molecular flexibility index (Phi) is 3.40. The molecule has 2 N–H and O–H groups in total. The van der Waals surface area contributed by atoms with Crippen molar-refractivity contribution in [2.24, 2.45) is 0 Å². The lowest BCUT2D eigenvalue weighted by molar-refractivity contribution is 0.957. The van der Waals surface area contributed by atoms with Crippen LogP contribution in [0, 0.1) is 18.3 Å². The van der Waals surface area contributed by atoms with Gasteiger partial charge >= 0.3 is 0 Å². The smallest absolute Gasteiger partial charge is 0.156 e. The second-order valence-corrected chi connectivity index (χ2v) is 5.87. The third-order valence-corrected chi connectivity index (χ3v) is 4.46. The Balaban J connectivity index is 1.98. The van der Waals surface area contributed by atoms with Crippen LogP contribution in [0.3, 0.4) is 0 Å². The minimum Gasteiger partial charge on any atom is -0.337 e. The molecule has 4 rings (SSSR count). The molecule has 116 valence electrons. The topological polar surface area (TPSA) is 64.5 Å². The van der Waals surface area contributed by atoms with E-state index in [1.54, 1.807) is 0 Å². The van der Waals surface area contributed by atoms with E-state index in [1.165, 1.54) is 0 Å². The minimum absolute atomic E-state index is 0.124. The molecule has 0 saturated carbocycles. The molecule has 0 bridgehead atoms. The number of hydrogen-bond donors (Lipinski definition) is 2. The number of benzene rings is 2. The number of allylic oxidation sites excluding steroid dienone is 1. The molecule has 0 fully saturated rings. The molecule has 4 nitrogen and oxygen atoms in total. The molecule has 1 aliphatic rings. The maximum absolute atomic E-state index is 9.93. The second-order valence-electron chi connectivity index (χ2n) is 5.87. The monoisotopic (exact) mass is 312 g/mol. The zero-order valence-electron chi connectivity index (χ0n) is 13.2. The van der Waals surface area contributed by atoms with Gasteiger partial charge in [-0.05, 0) is 23.6 Å². The van der Waals surface area contributed by atoms with E-state index in [9.17, 15) is 5.26 Å². The van der Waals surface area contributed by atoms with Gasteiger partial charge in [-0.15, -0.1) is 0 Å². The SMILES string of the molecule is Cc1ccccc1C1C(C#N)=C(c2ccccc2)Nc2n[nH]cc21. The molecule has 24 heavy (non-hydrogen) atoms. The highest BCUT2D eigenvalue weighted by molar-refractivity contribution is 5.86. The second kappa shape index (κ2) is 5.71. The van der Waals surface area contributed by atoms with Gasteiger partial charge in [0.25, 0.3) is 0 Å². The fourth-order valence-corrected chi connectivity index (χ4v) is 3.29. The number of aromatic nitrogens is 2. The molecule has 3 aromatic rings. The summed E-state index contributed by atoms with van der Waals surface area (Å²) in [6.45, 7) is 2.08. The first kappa shape index (κ1) is 14.3. The van der Waals surface area contributed by atoms with Crippen molar-refractivity contribution >= 4 is 11.5 Å². The largest absolute Gasteiger partial charge is 0.337 e. The summed E-state index contributed by atoms with van der Waals surface area (Å²) >= 11 is 0. The van der Waals surface area contributed by atoms with Crippen LogP contribution in [-0.2, 0) is 0 Å². The molecule has 0 aliphatic carbocycles. The van der Waals surface area contributed by atoms with Crippen LogP contribution in [0.25, 0.3) is 5.70 Å². The number of nitrogens with one attached hydrogen (secondary N) is 2. The van der Waals surface area contributed by atoms with Gasteiger partial charge in [0.2, 0.25) is 0 Å². The van der Waals surface area contributed by atoms with Crippen molar-refractivity contribution in [3.63, 3.8) is 0 Å². The van der Waals surface area contributed by atoms with Crippen LogP contribution < -0.4 is 5.32 Å². The number of anilines is 1. The first-order valence-corrected chi connectivity index (χ1v) is 7.85. The van der Waals surface area contributed by atoms with Crippen LogP contribution >= 0.6 is 0 Å². The lowest BCUT2D eigenvalue weighted by atomic mass is 9.80. The van der Waals surface area contributed by atoms with Crippen molar-refractivity contribution in [3.8, 4) is 6.07 Å². The minimum atomic E-state index is -0.124. The van der Waals surface area contributed by atoms with Crippen LogP contribution in [0.1, 0.15) is 28.2 Å². The van der Waals surface area contributed by atoms with Gasteiger partial charge in [-0.25, -0.2) is 0 Å². The predicted octanol–water partition coefficient (Wildman–Crippen LogP) is 4.21. The predicted molar refractivity (Wildman–Crippen MR) is 94.2 cm³/mol. The summed E-state index contributed by atoms with van der Waals surface area (Å²) in [7, 11) is 0. The van der Waals surface area contributed by atoms with Crippen molar-refractivity contribution < 1.29 is 0 Å².